The second-order valence-electron chi connectivity index (χ2n) is 8.27. The van der Waals surface area contributed by atoms with Gasteiger partial charge in [-0.15, -0.1) is 0 Å². The van der Waals surface area contributed by atoms with E-state index in [2.05, 4.69) is 58.3 Å². The lowest BCUT2D eigenvalue weighted by Crippen LogP contribution is -2.49. The number of anilines is 1. The first-order valence-corrected chi connectivity index (χ1v) is 11.2. The SMILES string of the molecule is CCNC(=NCc1ccc(N2CCC(C)CC2)nc1)NCC(C)N1CCOCC1. The van der Waals surface area contributed by atoms with Crippen LogP contribution in [0.5, 0.6) is 0 Å². The summed E-state index contributed by atoms with van der Waals surface area (Å²) in [5.74, 6) is 2.79. The van der Waals surface area contributed by atoms with Crippen molar-refractivity contribution in [2.75, 3.05) is 57.4 Å². The maximum Gasteiger partial charge on any atom is 0.191 e. The largest absolute Gasteiger partial charge is 0.379 e. The van der Waals surface area contributed by atoms with Crippen molar-refractivity contribution in [3.8, 4) is 0 Å². The van der Waals surface area contributed by atoms with Crippen LogP contribution in [-0.4, -0.2) is 74.4 Å². The molecule has 1 aromatic heterocycles. The summed E-state index contributed by atoms with van der Waals surface area (Å²) in [5.41, 5.74) is 1.14. The fourth-order valence-corrected chi connectivity index (χ4v) is 3.84. The maximum absolute atomic E-state index is 5.45. The van der Waals surface area contributed by atoms with Crippen molar-refractivity contribution >= 4 is 11.8 Å². The van der Waals surface area contributed by atoms with Gasteiger partial charge in [0.2, 0.25) is 0 Å². The van der Waals surface area contributed by atoms with Crippen LogP contribution in [0.2, 0.25) is 0 Å². The van der Waals surface area contributed by atoms with Crippen LogP contribution in [0.4, 0.5) is 5.82 Å². The van der Waals surface area contributed by atoms with Gasteiger partial charge in [0, 0.05) is 51.5 Å². The minimum atomic E-state index is 0.455. The van der Waals surface area contributed by atoms with Crippen LogP contribution in [0.1, 0.15) is 39.2 Å². The second-order valence-corrected chi connectivity index (χ2v) is 8.27. The van der Waals surface area contributed by atoms with E-state index in [1.807, 2.05) is 6.20 Å². The molecule has 2 N–H and O–H groups in total. The van der Waals surface area contributed by atoms with Gasteiger partial charge in [-0.05, 0) is 44.2 Å². The number of aromatic nitrogens is 1. The maximum atomic E-state index is 5.45. The molecular formula is C22H38N6O. The normalized spacial score (nSPS) is 20.5. The topological polar surface area (TPSA) is 65.0 Å². The number of ether oxygens (including phenoxy) is 1. The van der Waals surface area contributed by atoms with E-state index in [9.17, 15) is 0 Å². The van der Waals surface area contributed by atoms with E-state index >= 15 is 0 Å². The van der Waals surface area contributed by atoms with Crippen LogP contribution < -0.4 is 15.5 Å². The number of morpholine rings is 1. The first-order valence-electron chi connectivity index (χ1n) is 11.2. The minimum Gasteiger partial charge on any atom is -0.379 e. The molecule has 0 amide bonds. The highest BCUT2D eigenvalue weighted by molar-refractivity contribution is 5.79. The van der Waals surface area contributed by atoms with Crippen LogP contribution in [0, 0.1) is 5.92 Å². The molecule has 3 heterocycles. The summed E-state index contributed by atoms with van der Waals surface area (Å²) in [5, 5.41) is 6.83. The summed E-state index contributed by atoms with van der Waals surface area (Å²) < 4.78 is 5.45. The molecule has 0 bridgehead atoms. The van der Waals surface area contributed by atoms with E-state index in [1.54, 1.807) is 0 Å². The monoisotopic (exact) mass is 402 g/mol. The van der Waals surface area contributed by atoms with Gasteiger partial charge in [0.15, 0.2) is 5.96 Å². The molecule has 1 aromatic rings. The third kappa shape index (κ3) is 6.85. The van der Waals surface area contributed by atoms with Crippen LogP contribution in [0.3, 0.4) is 0 Å². The molecule has 7 heteroatoms. The molecular weight excluding hydrogens is 364 g/mol. The van der Waals surface area contributed by atoms with E-state index in [1.165, 1.54) is 12.8 Å². The number of pyridine rings is 1. The average Bonchev–Trinajstić information content (AvgIpc) is 2.77. The lowest BCUT2D eigenvalue weighted by Gasteiger charge is -2.32. The van der Waals surface area contributed by atoms with E-state index < -0.39 is 0 Å². The molecule has 0 spiro atoms. The number of nitrogens with one attached hydrogen (secondary N) is 2. The zero-order chi connectivity index (χ0) is 20.5. The van der Waals surface area contributed by atoms with E-state index in [0.29, 0.717) is 12.6 Å². The molecule has 2 fully saturated rings. The van der Waals surface area contributed by atoms with Gasteiger partial charge in [-0.3, -0.25) is 4.90 Å². The minimum absolute atomic E-state index is 0.455. The highest BCUT2D eigenvalue weighted by atomic mass is 16.5. The summed E-state index contributed by atoms with van der Waals surface area (Å²) in [7, 11) is 0. The van der Waals surface area contributed by atoms with Gasteiger partial charge in [-0.25, -0.2) is 9.98 Å². The number of hydrogen-bond acceptors (Lipinski definition) is 5. The summed E-state index contributed by atoms with van der Waals surface area (Å²) in [4.78, 5) is 14.3. The summed E-state index contributed by atoms with van der Waals surface area (Å²) in [6.45, 7) is 14.9. The highest BCUT2D eigenvalue weighted by Crippen LogP contribution is 2.21. The molecule has 162 valence electrons. The number of guanidine groups is 1. The van der Waals surface area contributed by atoms with Gasteiger partial charge >= 0.3 is 0 Å². The Morgan fingerprint density at radius 3 is 2.62 bits per heavy atom. The molecule has 2 aliphatic rings. The molecule has 1 unspecified atom stereocenters. The number of nitrogens with zero attached hydrogens (tertiary/aromatic N) is 4. The van der Waals surface area contributed by atoms with Crippen molar-refractivity contribution in [2.24, 2.45) is 10.9 Å². The van der Waals surface area contributed by atoms with Crippen molar-refractivity contribution in [1.82, 2.24) is 20.5 Å². The Labute approximate surface area is 175 Å². The first-order chi connectivity index (χ1) is 14.2. The van der Waals surface area contributed by atoms with E-state index in [0.717, 1.165) is 75.7 Å². The van der Waals surface area contributed by atoms with Gasteiger partial charge in [0.05, 0.1) is 19.8 Å². The molecule has 0 radical (unpaired) electrons. The van der Waals surface area contributed by atoms with Gasteiger partial charge in [0.25, 0.3) is 0 Å². The Bertz CT molecular complexity index is 621. The molecule has 1 atom stereocenters. The lowest BCUT2D eigenvalue weighted by molar-refractivity contribution is 0.0211. The zero-order valence-electron chi connectivity index (χ0n) is 18.4. The van der Waals surface area contributed by atoms with Crippen molar-refractivity contribution in [2.45, 2.75) is 46.2 Å². The summed E-state index contributed by atoms with van der Waals surface area (Å²) >= 11 is 0. The number of hydrogen-bond donors (Lipinski definition) is 2. The van der Waals surface area contributed by atoms with E-state index in [-0.39, 0.29) is 0 Å². The second kappa shape index (κ2) is 11.4. The Morgan fingerprint density at radius 1 is 1.21 bits per heavy atom. The fourth-order valence-electron chi connectivity index (χ4n) is 3.84. The van der Waals surface area contributed by atoms with Crippen molar-refractivity contribution < 1.29 is 4.74 Å². The standard InChI is InChI=1S/C22H38N6O/c1-4-23-22(25-15-19(3)27-11-13-29-14-12-27)26-17-20-5-6-21(24-16-20)28-9-7-18(2)8-10-28/h5-6,16,18-19H,4,7-15,17H2,1-3H3,(H2,23,25,26). The molecule has 0 aromatic carbocycles. The molecule has 0 saturated carbocycles. The van der Waals surface area contributed by atoms with Gasteiger partial charge in [-0.1, -0.05) is 13.0 Å². The third-order valence-corrected chi connectivity index (χ3v) is 5.91. The third-order valence-electron chi connectivity index (χ3n) is 5.91. The predicted octanol–water partition coefficient (Wildman–Crippen LogP) is 2.09. The number of aliphatic imine (C=N–C) groups is 1. The van der Waals surface area contributed by atoms with Crippen LogP contribution in [-0.2, 0) is 11.3 Å². The lowest BCUT2D eigenvalue weighted by atomic mass is 9.99. The van der Waals surface area contributed by atoms with Gasteiger partial charge in [-0.2, -0.15) is 0 Å². The smallest absolute Gasteiger partial charge is 0.191 e. The highest BCUT2D eigenvalue weighted by Gasteiger charge is 2.18. The Morgan fingerprint density at radius 2 is 1.97 bits per heavy atom. The van der Waals surface area contributed by atoms with Crippen molar-refractivity contribution in [3.05, 3.63) is 23.9 Å². The van der Waals surface area contributed by atoms with Gasteiger partial charge < -0.3 is 20.3 Å². The molecule has 0 aliphatic carbocycles. The molecule has 7 nitrogen and oxygen atoms in total. The summed E-state index contributed by atoms with van der Waals surface area (Å²) in [6.07, 6.45) is 4.49. The quantitative estimate of drug-likeness (QED) is 0.538. The molecule has 29 heavy (non-hydrogen) atoms. The van der Waals surface area contributed by atoms with Crippen LogP contribution in [0.25, 0.3) is 0 Å². The first kappa shape index (κ1) is 21.8. The van der Waals surface area contributed by atoms with Crippen LogP contribution >= 0.6 is 0 Å². The van der Waals surface area contributed by atoms with Crippen LogP contribution in [0.15, 0.2) is 23.3 Å². The summed E-state index contributed by atoms with van der Waals surface area (Å²) in [6, 6.07) is 4.75. The zero-order valence-corrected chi connectivity index (χ0v) is 18.4. The predicted molar refractivity (Wildman–Crippen MR) is 120 cm³/mol. The Kier molecular flexibility index (Phi) is 8.55. The number of rotatable bonds is 7. The van der Waals surface area contributed by atoms with E-state index in [4.69, 9.17) is 9.73 Å². The number of piperidine rings is 1. The fraction of sp³-hybridized carbons (Fsp3) is 0.727. The van der Waals surface area contributed by atoms with Crippen molar-refractivity contribution in [3.63, 3.8) is 0 Å². The van der Waals surface area contributed by atoms with Gasteiger partial charge in [0.1, 0.15) is 5.82 Å². The molecule has 2 saturated heterocycles. The Balaban J connectivity index is 1.49. The molecule has 2 aliphatic heterocycles. The average molecular weight is 403 g/mol. The Hall–Kier alpha value is -1.86. The molecule has 3 rings (SSSR count). The van der Waals surface area contributed by atoms with Crippen molar-refractivity contribution in [1.29, 1.82) is 0 Å².